The van der Waals surface area contributed by atoms with Gasteiger partial charge in [-0.1, -0.05) is 25.7 Å². The monoisotopic (exact) mass is 269 g/mol. The van der Waals surface area contributed by atoms with E-state index in [4.69, 9.17) is 9.47 Å². The maximum Gasteiger partial charge on any atom is 0.0809 e. The number of hydrogen-bond acceptors (Lipinski definition) is 3. The summed E-state index contributed by atoms with van der Waals surface area (Å²) >= 11 is 0. The van der Waals surface area contributed by atoms with Crippen LogP contribution < -0.4 is 5.32 Å². The molecule has 2 rings (SSSR count). The molecule has 1 aliphatic carbocycles. The second kappa shape index (κ2) is 9.73. The summed E-state index contributed by atoms with van der Waals surface area (Å²) in [5.74, 6) is 0.926. The van der Waals surface area contributed by atoms with Crippen molar-refractivity contribution >= 4 is 0 Å². The fourth-order valence-electron chi connectivity index (χ4n) is 3.16. The average Bonchev–Trinajstić information content (AvgIpc) is 2.80. The Kier molecular flexibility index (Phi) is 7.82. The second-order valence-electron chi connectivity index (χ2n) is 6.13. The molecule has 2 fully saturated rings. The summed E-state index contributed by atoms with van der Waals surface area (Å²) in [6.45, 7) is 4.91. The topological polar surface area (TPSA) is 30.5 Å². The first-order chi connectivity index (χ1) is 9.45. The second-order valence-corrected chi connectivity index (χ2v) is 6.13. The van der Waals surface area contributed by atoms with Gasteiger partial charge in [0, 0.05) is 13.2 Å². The van der Waals surface area contributed by atoms with Gasteiger partial charge in [0.05, 0.1) is 12.7 Å². The molecule has 0 radical (unpaired) electrons. The quantitative estimate of drug-likeness (QED) is 0.542. The summed E-state index contributed by atoms with van der Waals surface area (Å²) in [7, 11) is 0. The zero-order chi connectivity index (χ0) is 13.2. The average molecular weight is 269 g/mol. The van der Waals surface area contributed by atoms with Crippen LogP contribution in [0.25, 0.3) is 0 Å². The van der Waals surface area contributed by atoms with E-state index >= 15 is 0 Å². The largest absolute Gasteiger partial charge is 0.379 e. The molecular weight excluding hydrogens is 238 g/mol. The summed E-state index contributed by atoms with van der Waals surface area (Å²) in [5, 5.41) is 3.60. The molecule has 3 nitrogen and oxygen atoms in total. The maximum atomic E-state index is 5.66. The van der Waals surface area contributed by atoms with Crippen molar-refractivity contribution in [2.75, 3.05) is 32.9 Å². The standard InChI is InChI=1S/C16H31NO2/c1-2-4-8-15(7-3-1)13-17-10-6-11-18-14-16-9-5-12-19-16/h15-17H,1-14H2. The minimum absolute atomic E-state index is 0.374. The highest BCUT2D eigenvalue weighted by atomic mass is 16.5. The minimum Gasteiger partial charge on any atom is -0.379 e. The van der Waals surface area contributed by atoms with E-state index in [2.05, 4.69) is 5.32 Å². The van der Waals surface area contributed by atoms with Crippen molar-refractivity contribution in [3.63, 3.8) is 0 Å². The summed E-state index contributed by atoms with van der Waals surface area (Å²) in [6, 6.07) is 0. The van der Waals surface area contributed by atoms with Crippen molar-refractivity contribution in [2.24, 2.45) is 5.92 Å². The summed E-state index contributed by atoms with van der Waals surface area (Å²) in [4.78, 5) is 0. The Labute approximate surface area is 118 Å². The highest BCUT2D eigenvalue weighted by Gasteiger charge is 2.15. The van der Waals surface area contributed by atoms with E-state index in [1.807, 2.05) is 0 Å². The van der Waals surface area contributed by atoms with Crippen molar-refractivity contribution < 1.29 is 9.47 Å². The molecule has 1 aliphatic heterocycles. The molecule has 1 atom stereocenters. The van der Waals surface area contributed by atoms with Gasteiger partial charge in [0.2, 0.25) is 0 Å². The predicted octanol–water partition coefficient (Wildman–Crippen LogP) is 3.13. The van der Waals surface area contributed by atoms with Gasteiger partial charge in [0.15, 0.2) is 0 Å². The van der Waals surface area contributed by atoms with Crippen molar-refractivity contribution in [3.8, 4) is 0 Å². The molecule has 0 bridgehead atoms. The number of rotatable bonds is 8. The fourth-order valence-corrected chi connectivity index (χ4v) is 3.16. The Hall–Kier alpha value is -0.120. The van der Waals surface area contributed by atoms with Crippen molar-refractivity contribution in [1.29, 1.82) is 0 Å². The molecule has 0 amide bonds. The zero-order valence-corrected chi connectivity index (χ0v) is 12.4. The maximum absolute atomic E-state index is 5.66. The molecule has 1 N–H and O–H groups in total. The van der Waals surface area contributed by atoms with Crippen LogP contribution in [0.4, 0.5) is 0 Å². The van der Waals surface area contributed by atoms with Gasteiger partial charge in [-0.3, -0.25) is 0 Å². The Morgan fingerprint density at radius 2 is 1.84 bits per heavy atom. The summed E-state index contributed by atoms with van der Waals surface area (Å²) in [6.07, 6.45) is 12.5. The highest BCUT2D eigenvalue weighted by molar-refractivity contribution is 4.67. The normalized spacial score (nSPS) is 25.6. The SMILES string of the molecule is C1CCCC(CNCCCOCC2CCCO2)CC1. The van der Waals surface area contributed by atoms with Gasteiger partial charge >= 0.3 is 0 Å². The highest BCUT2D eigenvalue weighted by Crippen LogP contribution is 2.21. The Morgan fingerprint density at radius 3 is 2.58 bits per heavy atom. The minimum atomic E-state index is 0.374. The molecule has 1 saturated carbocycles. The van der Waals surface area contributed by atoms with Crippen LogP contribution in [-0.2, 0) is 9.47 Å². The van der Waals surface area contributed by atoms with Crippen molar-refractivity contribution in [2.45, 2.75) is 63.9 Å². The van der Waals surface area contributed by atoms with Crippen molar-refractivity contribution in [1.82, 2.24) is 5.32 Å². The first kappa shape index (κ1) is 15.3. The number of hydrogen-bond donors (Lipinski definition) is 1. The van der Waals surface area contributed by atoms with E-state index in [0.717, 1.165) is 38.7 Å². The van der Waals surface area contributed by atoms with Gasteiger partial charge in [0.25, 0.3) is 0 Å². The Bertz CT molecular complexity index is 209. The van der Waals surface area contributed by atoms with Gasteiger partial charge in [-0.05, 0) is 51.1 Å². The van der Waals surface area contributed by atoms with Crippen molar-refractivity contribution in [3.05, 3.63) is 0 Å². The molecule has 2 aliphatic rings. The van der Waals surface area contributed by atoms with E-state index in [0.29, 0.717) is 6.10 Å². The smallest absolute Gasteiger partial charge is 0.0809 e. The van der Waals surface area contributed by atoms with Crippen LogP contribution in [-0.4, -0.2) is 39.0 Å². The molecule has 1 saturated heterocycles. The van der Waals surface area contributed by atoms with Gasteiger partial charge in [-0.15, -0.1) is 0 Å². The lowest BCUT2D eigenvalue weighted by Gasteiger charge is -2.15. The van der Waals surface area contributed by atoms with Crippen LogP contribution >= 0.6 is 0 Å². The molecule has 0 aromatic heterocycles. The lowest BCUT2D eigenvalue weighted by molar-refractivity contribution is 0.0166. The molecule has 0 spiro atoms. The lowest BCUT2D eigenvalue weighted by atomic mass is 10.0. The summed E-state index contributed by atoms with van der Waals surface area (Å²) in [5.41, 5.74) is 0. The predicted molar refractivity (Wildman–Crippen MR) is 78.5 cm³/mol. The molecule has 3 heteroatoms. The zero-order valence-electron chi connectivity index (χ0n) is 12.4. The van der Waals surface area contributed by atoms with Crippen LogP contribution in [0.1, 0.15) is 57.8 Å². The third kappa shape index (κ3) is 6.73. The van der Waals surface area contributed by atoms with E-state index in [-0.39, 0.29) is 0 Å². The number of ether oxygens (including phenoxy) is 2. The molecule has 1 unspecified atom stereocenters. The van der Waals surface area contributed by atoms with Crippen LogP contribution in [0, 0.1) is 5.92 Å². The molecule has 19 heavy (non-hydrogen) atoms. The fraction of sp³-hybridized carbons (Fsp3) is 1.00. The van der Waals surface area contributed by atoms with Gasteiger partial charge in [-0.25, -0.2) is 0 Å². The Balaban J connectivity index is 1.37. The molecule has 1 heterocycles. The van der Waals surface area contributed by atoms with Gasteiger partial charge in [-0.2, -0.15) is 0 Å². The Morgan fingerprint density at radius 1 is 1.00 bits per heavy atom. The third-order valence-electron chi connectivity index (χ3n) is 4.38. The lowest BCUT2D eigenvalue weighted by Crippen LogP contribution is -2.25. The van der Waals surface area contributed by atoms with E-state index in [1.54, 1.807) is 0 Å². The van der Waals surface area contributed by atoms with Crippen LogP contribution in [0.2, 0.25) is 0 Å². The van der Waals surface area contributed by atoms with Crippen LogP contribution in [0.5, 0.6) is 0 Å². The summed E-state index contributed by atoms with van der Waals surface area (Å²) < 4.78 is 11.2. The molecule has 0 aromatic rings. The molecular formula is C16H31NO2. The van der Waals surface area contributed by atoms with E-state index in [1.165, 1.54) is 57.9 Å². The van der Waals surface area contributed by atoms with Gasteiger partial charge in [0.1, 0.15) is 0 Å². The molecule has 112 valence electrons. The first-order valence-electron chi connectivity index (χ1n) is 8.35. The number of nitrogens with one attached hydrogen (secondary N) is 1. The molecule has 0 aromatic carbocycles. The third-order valence-corrected chi connectivity index (χ3v) is 4.38. The van der Waals surface area contributed by atoms with Crippen LogP contribution in [0.3, 0.4) is 0 Å². The van der Waals surface area contributed by atoms with E-state index in [9.17, 15) is 0 Å². The van der Waals surface area contributed by atoms with E-state index < -0.39 is 0 Å². The first-order valence-corrected chi connectivity index (χ1v) is 8.35. The van der Waals surface area contributed by atoms with Gasteiger partial charge < -0.3 is 14.8 Å². The van der Waals surface area contributed by atoms with Crippen LogP contribution in [0.15, 0.2) is 0 Å².